The van der Waals surface area contributed by atoms with Crippen molar-refractivity contribution in [1.82, 2.24) is 15.0 Å². The maximum Gasteiger partial charge on any atom is 0.225 e. The summed E-state index contributed by atoms with van der Waals surface area (Å²) in [5.74, 6) is 0.875. The van der Waals surface area contributed by atoms with Gasteiger partial charge in [-0.3, -0.25) is 9.78 Å². The minimum absolute atomic E-state index is 0.0339. The zero-order valence-electron chi connectivity index (χ0n) is 15.7. The summed E-state index contributed by atoms with van der Waals surface area (Å²) in [6.45, 7) is 3.27. The van der Waals surface area contributed by atoms with Crippen molar-refractivity contribution in [2.24, 2.45) is 0 Å². The molecule has 3 aromatic rings. The quantitative estimate of drug-likeness (QED) is 0.500. The van der Waals surface area contributed by atoms with Crippen LogP contribution in [-0.2, 0) is 4.79 Å². The number of carbonyl (C=O) groups is 1. The molecule has 0 saturated heterocycles. The van der Waals surface area contributed by atoms with Crippen molar-refractivity contribution < 1.29 is 9.90 Å². The fraction of sp³-hybridized carbons (Fsp3) is 0.200. The summed E-state index contributed by atoms with van der Waals surface area (Å²) >= 11 is 0. The molecule has 144 valence electrons. The van der Waals surface area contributed by atoms with Gasteiger partial charge in [-0.15, -0.1) is 0 Å². The lowest BCUT2D eigenvalue weighted by Gasteiger charge is -2.14. The molecule has 2 aromatic heterocycles. The number of pyridine rings is 1. The summed E-state index contributed by atoms with van der Waals surface area (Å²) in [6.07, 6.45) is 3.43. The summed E-state index contributed by atoms with van der Waals surface area (Å²) in [5, 5.41) is 18.4. The second-order valence-corrected chi connectivity index (χ2v) is 6.32. The lowest BCUT2D eigenvalue weighted by atomic mass is 10.2. The van der Waals surface area contributed by atoms with Gasteiger partial charge >= 0.3 is 0 Å². The van der Waals surface area contributed by atoms with Crippen LogP contribution in [0.15, 0.2) is 54.9 Å². The van der Waals surface area contributed by atoms with Gasteiger partial charge in [0, 0.05) is 48.4 Å². The number of nitrogens with zero attached hydrogens (tertiary/aromatic N) is 3. The first-order valence-corrected chi connectivity index (χ1v) is 8.85. The fourth-order valence-corrected chi connectivity index (χ4v) is 2.49. The van der Waals surface area contributed by atoms with Gasteiger partial charge < -0.3 is 21.1 Å². The highest BCUT2D eigenvalue weighted by atomic mass is 16.3. The van der Waals surface area contributed by atoms with Crippen molar-refractivity contribution in [2.75, 3.05) is 22.6 Å². The highest BCUT2D eigenvalue weighted by Crippen LogP contribution is 2.24. The smallest absolute Gasteiger partial charge is 0.225 e. The predicted molar refractivity (Wildman–Crippen MR) is 109 cm³/mol. The minimum atomic E-state index is -0.186. The van der Waals surface area contributed by atoms with Gasteiger partial charge in [-0.05, 0) is 43.3 Å². The van der Waals surface area contributed by atoms with Crippen LogP contribution in [0.4, 0.5) is 23.1 Å². The van der Waals surface area contributed by atoms with E-state index in [1.807, 2.05) is 37.3 Å². The summed E-state index contributed by atoms with van der Waals surface area (Å²) in [5.41, 5.74) is 3.09. The lowest BCUT2D eigenvalue weighted by molar-refractivity contribution is -0.114. The Morgan fingerprint density at radius 1 is 1.14 bits per heavy atom. The van der Waals surface area contributed by atoms with Gasteiger partial charge in [0.2, 0.25) is 11.9 Å². The number of aliphatic hydroxyl groups is 1. The van der Waals surface area contributed by atoms with Crippen LogP contribution in [0.1, 0.15) is 13.8 Å². The Bertz CT molecular complexity index is 931. The Morgan fingerprint density at radius 2 is 1.89 bits per heavy atom. The molecule has 2 heterocycles. The molecule has 0 bridgehead atoms. The van der Waals surface area contributed by atoms with Crippen molar-refractivity contribution in [2.45, 2.75) is 19.9 Å². The van der Waals surface area contributed by atoms with Gasteiger partial charge in [0.25, 0.3) is 0 Å². The van der Waals surface area contributed by atoms with E-state index in [1.165, 1.54) is 6.92 Å². The van der Waals surface area contributed by atoms with Crippen molar-refractivity contribution >= 4 is 29.0 Å². The average Bonchev–Trinajstić information content (AvgIpc) is 2.69. The zero-order valence-corrected chi connectivity index (χ0v) is 15.7. The van der Waals surface area contributed by atoms with E-state index in [1.54, 1.807) is 24.5 Å². The molecule has 1 aromatic carbocycles. The first-order chi connectivity index (χ1) is 13.5. The van der Waals surface area contributed by atoms with E-state index >= 15 is 0 Å². The van der Waals surface area contributed by atoms with E-state index in [0.717, 1.165) is 16.9 Å². The van der Waals surface area contributed by atoms with Gasteiger partial charge in [-0.25, -0.2) is 4.98 Å². The van der Waals surface area contributed by atoms with Crippen LogP contribution in [0.3, 0.4) is 0 Å². The zero-order chi connectivity index (χ0) is 19.9. The van der Waals surface area contributed by atoms with Gasteiger partial charge in [-0.2, -0.15) is 4.98 Å². The molecule has 8 nitrogen and oxygen atoms in total. The van der Waals surface area contributed by atoms with E-state index in [9.17, 15) is 9.90 Å². The maximum atomic E-state index is 11.1. The fourth-order valence-electron chi connectivity index (χ4n) is 2.49. The van der Waals surface area contributed by atoms with Crippen molar-refractivity contribution in [3.05, 3.63) is 54.9 Å². The van der Waals surface area contributed by atoms with Crippen LogP contribution < -0.4 is 16.0 Å². The largest absolute Gasteiger partial charge is 0.394 e. The van der Waals surface area contributed by atoms with E-state index in [4.69, 9.17) is 0 Å². The van der Waals surface area contributed by atoms with Crippen LogP contribution in [-0.4, -0.2) is 38.6 Å². The van der Waals surface area contributed by atoms with Crippen LogP contribution >= 0.6 is 0 Å². The molecule has 28 heavy (non-hydrogen) atoms. The van der Waals surface area contributed by atoms with Crippen LogP contribution in [0.2, 0.25) is 0 Å². The van der Waals surface area contributed by atoms with E-state index < -0.39 is 0 Å². The summed E-state index contributed by atoms with van der Waals surface area (Å²) in [4.78, 5) is 24.3. The van der Waals surface area contributed by atoms with E-state index in [2.05, 4.69) is 30.9 Å². The van der Waals surface area contributed by atoms with E-state index in [0.29, 0.717) is 17.5 Å². The van der Waals surface area contributed by atoms with Gasteiger partial charge in [0.1, 0.15) is 5.82 Å². The molecule has 1 atom stereocenters. The third kappa shape index (κ3) is 5.24. The summed E-state index contributed by atoms with van der Waals surface area (Å²) < 4.78 is 0. The molecule has 0 aliphatic heterocycles. The molecular formula is C20H22N6O2. The van der Waals surface area contributed by atoms with Crippen LogP contribution in [0.25, 0.3) is 11.3 Å². The third-order valence-electron chi connectivity index (χ3n) is 3.81. The first kappa shape index (κ1) is 19.2. The normalized spacial score (nSPS) is 11.5. The first-order valence-electron chi connectivity index (χ1n) is 8.85. The number of anilines is 4. The predicted octanol–water partition coefficient (Wildman–Crippen LogP) is 3.03. The number of nitrogens with one attached hydrogen (secondary N) is 3. The number of rotatable bonds is 7. The molecule has 4 N–H and O–H groups in total. The number of carbonyl (C=O) groups excluding carboxylic acids is 1. The van der Waals surface area contributed by atoms with Gasteiger partial charge in [-0.1, -0.05) is 0 Å². The Kier molecular flexibility index (Phi) is 6.13. The van der Waals surface area contributed by atoms with Gasteiger partial charge in [0.15, 0.2) is 0 Å². The lowest BCUT2D eigenvalue weighted by Crippen LogP contribution is -2.21. The molecular weight excluding hydrogens is 356 g/mol. The molecule has 0 saturated carbocycles. The van der Waals surface area contributed by atoms with Crippen molar-refractivity contribution in [1.29, 1.82) is 0 Å². The molecule has 0 spiro atoms. The third-order valence-corrected chi connectivity index (χ3v) is 3.81. The summed E-state index contributed by atoms with van der Waals surface area (Å²) in [6, 6.07) is 12.7. The monoisotopic (exact) mass is 378 g/mol. The van der Waals surface area contributed by atoms with Gasteiger partial charge in [0.05, 0.1) is 12.3 Å². The maximum absolute atomic E-state index is 11.1. The molecule has 0 radical (unpaired) electrons. The Labute approximate surface area is 163 Å². The standard InChI is InChI=1S/C20H22N6O2/c1-13(12-27)22-20-25-18(15-4-3-9-21-11-15)10-19(26-20)24-17-7-5-16(6-8-17)23-14(2)28/h3-11,13,27H,12H2,1-2H3,(H,23,28)(H2,22,24,25,26)/t13-/m1/s1. The Balaban J connectivity index is 1.88. The highest BCUT2D eigenvalue weighted by Gasteiger charge is 2.10. The second-order valence-electron chi connectivity index (χ2n) is 6.32. The number of hydrogen-bond acceptors (Lipinski definition) is 7. The molecule has 3 rings (SSSR count). The minimum Gasteiger partial charge on any atom is -0.394 e. The second kappa shape index (κ2) is 8.92. The number of amides is 1. The number of aromatic nitrogens is 3. The number of benzene rings is 1. The van der Waals surface area contributed by atoms with Crippen molar-refractivity contribution in [3.8, 4) is 11.3 Å². The molecule has 1 amide bonds. The van der Waals surface area contributed by atoms with E-state index in [-0.39, 0.29) is 18.6 Å². The molecule has 0 aliphatic rings. The Morgan fingerprint density at radius 3 is 2.54 bits per heavy atom. The van der Waals surface area contributed by atoms with Crippen molar-refractivity contribution in [3.63, 3.8) is 0 Å². The molecule has 0 aliphatic carbocycles. The Hall–Kier alpha value is -3.52. The summed E-state index contributed by atoms with van der Waals surface area (Å²) in [7, 11) is 0. The highest BCUT2D eigenvalue weighted by molar-refractivity contribution is 5.88. The number of aliphatic hydroxyl groups excluding tert-OH is 1. The molecule has 8 heteroatoms. The topological polar surface area (TPSA) is 112 Å². The number of hydrogen-bond donors (Lipinski definition) is 4. The van der Waals surface area contributed by atoms with Crippen LogP contribution in [0, 0.1) is 0 Å². The van der Waals surface area contributed by atoms with Crippen LogP contribution in [0.5, 0.6) is 0 Å². The average molecular weight is 378 g/mol. The molecule has 0 unspecified atom stereocenters. The SMILES string of the molecule is CC(=O)Nc1ccc(Nc2cc(-c3cccnc3)nc(N[C@H](C)CO)n2)cc1. The molecule has 0 fully saturated rings.